The molecule has 0 N–H and O–H groups in total. The zero-order valence-corrected chi connectivity index (χ0v) is 15.8. The van der Waals surface area contributed by atoms with Gasteiger partial charge in [0, 0.05) is 17.2 Å². The molecular weight excluding hydrogens is 301 g/mol. The summed E-state index contributed by atoms with van der Waals surface area (Å²) in [5.74, 6) is 0.872. The Kier molecular flexibility index (Phi) is 4.08. The Morgan fingerprint density at radius 1 is 1.08 bits per heavy atom. The molecule has 1 aromatic carbocycles. The fraction of sp³-hybridized carbons (Fsp3) is 0.632. The van der Waals surface area contributed by atoms with Gasteiger partial charge in [0.15, 0.2) is 0 Å². The molecule has 4 nitrogen and oxygen atoms in total. The van der Waals surface area contributed by atoms with E-state index in [1.807, 2.05) is 18.3 Å². The van der Waals surface area contributed by atoms with Crippen molar-refractivity contribution in [3.63, 3.8) is 0 Å². The number of hydrogen-bond acceptors (Lipinski definition) is 4. The molecule has 1 fully saturated rings. The average Bonchev–Trinajstić information content (AvgIpc) is 2.62. The molecule has 2 heterocycles. The van der Waals surface area contributed by atoms with E-state index in [1.54, 1.807) is 0 Å². The highest BCUT2D eigenvalue weighted by Gasteiger charge is 2.51. The summed E-state index contributed by atoms with van der Waals surface area (Å²) < 4.78 is 18.5. The Balaban J connectivity index is 1.87. The molecule has 0 amide bonds. The fourth-order valence-electron chi connectivity index (χ4n) is 2.79. The van der Waals surface area contributed by atoms with Crippen molar-refractivity contribution in [2.45, 2.75) is 65.8 Å². The summed E-state index contributed by atoms with van der Waals surface area (Å²) in [6, 6.07) is 6.09. The van der Waals surface area contributed by atoms with E-state index in [0.29, 0.717) is 6.54 Å². The summed E-state index contributed by atoms with van der Waals surface area (Å²) in [6.45, 7) is 15.5. The minimum absolute atomic E-state index is 0.0450. The van der Waals surface area contributed by atoms with Crippen LogP contribution in [0.4, 0.5) is 0 Å². The maximum atomic E-state index is 6.21. The molecule has 24 heavy (non-hydrogen) atoms. The minimum Gasteiger partial charge on any atom is -0.487 e. The quantitative estimate of drug-likeness (QED) is 0.743. The van der Waals surface area contributed by atoms with Crippen LogP contribution in [0.3, 0.4) is 0 Å². The molecule has 0 radical (unpaired) electrons. The number of fused-ring (bicyclic) bond motifs is 1. The molecular formula is C19H28BNO3. The fourth-order valence-corrected chi connectivity index (χ4v) is 2.79. The van der Waals surface area contributed by atoms with Crippen molar-refractivity contribution in [3.8, 4) is 5.75 Å². The molecule has 3 rings (SSSR count). The molecule has 0 bridgehead atoms. The average molecular weight is 329 g/mol. The van der Waals surface area contributed by atoms with E-state index in [9.17, 15) is 0 Å². The van der Waals surface area contributed by atoms with Gasteiger partial charge in [-0.25, -0.2) is 0 Å². The Labute approximate surface area is 145 Å². The molecule has 5 heteroatoms. The zero-order chi connectivity index (χ0) is 17.8. The van der Waals surface area contributed by atoms with Crippen LogP contribution in [0.2, 0.25) is 0 Å². The number of hydrogen-bond donors (Lipinski definition) is 0. The third-order valence-corrected chi connectivity index (χ3v) is 5.30. The molecule has 0 aromatic heterocycles. The topological polar surface area (TPSA) is 40.0 Å². The van der Waals surface area contributed by atoms with E-state index in [4.69, 9.17) is 14.0 Å². The molecule has 0 aliphatic carbocycles. The number of aliphatic imine (C=N–C) groups is 1. The highest BCUT2D eigenvalue weighted by Crippen LogP contribution is 2.37. The summed E-state index contributed by atoms with van der Waals surface area (Å²) in [7, 11) is -0.365. The van der Waals surface area contributed by atoms with E-state index in [1.165, 1.54) is 0 Å². The molecule has 1 aromatic rings. The van der Waals surface area contributed by atoms with Crippen molar-refractivity contribution in [3.05, 3.63) is 23.8 Å². The first-order chi connectivity index (χ1) is 11.0. The van der Waals surface area contributed by atoms with Gasteiger partial charge in [0.1, 0.15) is 11.9 Å². The molecule has 130 valence electrons. The van der Waals surface area contributed by atoms with E-state index in [0.717, 1.165) is 16.8 Å². The Morgan fingerprint density at radius 3 is 2.29 bits per heavy atom. The van der Waals surface area contributed by atoms with Gasteiger partial charge in [-0.1, -0.05) is 26.8 Å². The number of nitrogens with zero attached hydrogens (tertiary/aromatic N) is 1. The van der Waals surface area contributed by atoms with E-state index >= 15 is 0 Å². The number of ether oxygens (including phenoxy) is 1. The zero-order valence-electron chi connectivity index (χ0n) is 15.8. The number of rotatable bonds is 1. The Morgan fingerprint density at radius 2 is 1.71 bits per heavy atom. The van der Waals surface area contributed by atoms with Gasteiger partial charge >= 0.3 is 7.12 Å². The molecule has 1 unspecified atom stereocenters. The first-order valence-corrected chi connectivity index (χ1v) is 8.66. The summed E-state index contributed by atoms with van der Waals surface area (Å²) in [5, 5.41) is 0. The SMILES string of the molecule is CC(C)(C)C1CN=Cc2cc(B3OC(C)(C)C(C)(C)O3)ccc2O1. The van der Waals surface area contributed by atoms with Gasteiger partial charge in [-0.15, -0.1) is 0 Å². The maximum Gasteiger partial charge on any atom is 0.494 e. The lowest BCUT2D eigenvalue weighted by atomic mass is 9.78. The maximum absolute atomic E-state index is 6.21. The van der Waals surface area contributed by atoms with Crippen molar-refractivity contribution < 1.29 is 14.0 Å². The minimum atomic E-state index is -0.365. The Bertz CT molecular complexity index is 645. The third-order valence-electron chi connectivity index (χ3n) is 5.30. The van der Waals surface area contributed by atoms with Crippen LogP contribution >= 0.6 is 0 Å². The van der Waals surface area contributed by atoms with Crippen LogP contribution in [0.1, 0.15) is 54.0 Å². The van der Waals surface area contributed by atoms with Gasteiger partial charge in [0.2, 0.25) is 0 Å². The molecule has 1 saturated heterocycles. The Hall–Kier alpha value is -1.33. The largest absolute Gasteiger partial charge is 0.494 e. The lowest BCUT2D eigenvalue weighted by Gasteiger charge is -2.32. The molecule has 1 atom stereocenters. The highest BCUT2D eigenvalue weighted by atomic mass is 16.7. The molecule has 0 saturated carbocycles. The van der Waals surface area contributed by atoms with Crippen LogP contribution in [-0.2, 0) is 9.31 Å². The van der Waals surface area contributed by atoms with Crippen LogP contribution in [0.15, 0.2) is 23.2 Å². The van der Waals surface area contributed by atoms with E-state index in [2.05, 4.69) is 59.5 Å². The number of benzene rings is 1. The first kappa shape index (κ1) is 17.5. The van der Waals surface area contributed by atoms with Crippen LogP contribution < -0.4 is 10.2 Å². The summed E-state index contributed by atoms with van der Waals surface area (Å²) in [4.78, 5) is 4.55. The predicted molar refractivity (Wildman–Crippen MR) is 98.5 cm³/mol. The summed E-state index contributed by atoms with van der Waals surface area (Å²) >= 11 is 0. The van der Waals surface area contributed by atoms with Crippen molar-refractivity contribution in [1.82, 2.24) is 0 Å². The third kappa shape index (κ3) is 3.12. The van der Waals surface area contributed by atoms with E-state index < -0.39 is 0 Å². The highest BCUT2D eigenvalue weighted by molar-refractivity contribution is 6.62. The first-order valence-electron chi connectivity index (χ1n) is 8.66. The van der Waals surface area contributed by atoms with Gasteiger partial charge in [-0.2, -0.15) is 0 Å². The van der Waals surface area contributed by atoms with Crippen molar-refractivity contribution in [1.29, 1.82) is 0 Å². The molecule has 2 aliphatic heterocycles. The smallest absolute Gasteiger partial charge is 0.487 e. The van der Waals surface area contributed by atoms with Crippen LogP contribution in [0.25, 0.3) is 0 Å². The second kappa shape index (κ2) is 5.60. The summed E-state index contributed by atoms with van der Waals surface area (Å²) in [5.41, 5.74) is 1.34. The lowest BCUT2D eigenvalue weighted by Crippen LogP contribution is -2.41. The van der Waals surface area contributed by atoms with Gasteiger partial charge in [-0.05, 0) is 45.3 Å². The van der Waals surface area contributed by atoms with Gasteiger partial charge in [0.05, 0.1) is 17.7 Å². The van der Waals surface area contributed by atoms with Crippen molar-refractivity contribution in [2.24, 2.45) is 10.4 Å². The van der Waals surface area contributed by atoms with Crippen LogP contribution in [0.5, 0.6) is 5.75 Å². The second-order valence-electron chi connectivity index (χ2n) is 8.85. The van der Waals surface area contributed by atoms with Gasteiger partial charge < -0.3 is 14.0 Å². The normalized spacial score (nSPS) is 25.1. The van der Waals surface area contributed by atoms with Crippen LogP contribution in [-0.4, -0.2) is 37.2 Å². The van der Waals surface area contributed by atoms with Gasteiger partial charge in [0.25, 0.3) is 0 Å². The lowest BCUT2D eigenvalue weighted by molar-refractivity contribution is 0.00578. The molecule has 0 spiro atoms. The second-order valence-corrected chi connectivity index (χ2v) is 8.85. The summed E-state index contributed by atoms with van der Waals surface area (Å²) in [6.07, 6.45) is 1.97. The molecule has 2 aliphatic rings. The van der Waals surface area contributed by atoms with Crippen molar-refractivity contribution in [2.75, 3.05) is 6.54 Å². The predicted octanol–water partition coefficient (Wildman–Crippen LogP) is 3.21. The monoisotopic (exact) mass is 329 g/mol. The van der Waals surface area contributed by atoms with E-state index in [-0.39, 0.29) is 29.8 Å². The standard InChI is InChI=1S/C19H28BNO3/c1-17(2,3)16-12-21-11-13-10-14(8-9-15(13)22-16)20-23-18(4,5)19(6,7)24-20/h8-11,16H,12H2,1-7H3. The van der Waals surface area contributed by atoms with Crippen molar-refractivity contribution >= 4 is 18.8 Å². The van der Waals surface area contributed by atoms with Crippen LogP contribution in [0, 0.1) is 5.41 Å². The van der Waals surface area contributed by atoms with Gasteiger partial charge in [-0.3, -0.25) is 4.99 Å².